The summed E-state index contributed by atoms with van der Waals surface area (Å²) >= 11 is 0. The molecule has 1 rings (SSSR count). The second-order valence-electron chi connectivity index (χ2n) is 6.14. The first kappa shape index (κ1) is 16.2. The van der Waals surface area contributed by atoms with E-state index in [1.165, 1.54) is 6.92 Å². The Balaban J connectivity index is 3.00. The number of carbonyl (C=O) groups excluding carboxylic acids is 2. The molecule has 0 atom stereocenters. The molecule has 0 saturated carbocycles. The molecular formula is C16H23NO3. The smallest absolute Gasteiger partial charge is 0.412 e. The van der Waals surface area contributed by atoms with Gasteiger partial charge in [0.2, 0.25) is 0 Å². The van der Waals surface area contributed by atoms with Gasteiger partial charge in [-0.1, -0.05) is 19.9 Å². The van der Waals surface area contributed by atoms with Crippen LogP contribution in [0.25, 0.3) is 0 Å². The number of carbonyl (C=O) groups is 2. The fraction of sp³-hybridized carbons (Fsp3) is 0.500. The summed E-state index contributed by atoms with van der Waals surface area (Å²) in [5, 5.41) is 2.63. The van der Waals surface area contributed by atoms with Crippen molar-refractivity contribution < 1.29 is 14.3 Å². The van der Waals surface area contributed by atoms with Crippen LogP contribution in [-0.2, 0) is 4.74 Å². The van der Waals surface area contributed by atoms with Crippen molar-refractivity contribution in [2.75, 3.05) is 5.32 Å². The molecule has 4 heteroatoms. The molecule has 0 bridgehead atoms. The first-order chi connectivity index (χ1) is 9.10. The maximum absolute atomic E-state index is 11.8. The van der Waals surface area contributed by atoms with Gasteiger partial charge in [0.05, 0.1) is 5.69 Å². The molecule has 0 fully saturated rings. The molecular weight excluding hydrogens is 254 g/mol. The van der Waals surface area contributed by atoms with Crippen LogP contribution in [0.4, 0.5) is 10.5 Å². The van der Waals surface area contributed by atoms with Crippen molar-refractivity contribution in [2.45, 2.75) is 53.1 Å². The summed E-state index contributed by atoms with van der Waals surface area (Å²) in [5.41, 5.74) is 1.47. The third-order valence-electron chi connectivity index (χ3n) is 2.73. The topological polar surface area (TPSA) is 55.4 Å². The van der Waals surface area contributed by atoms with Gasteiger partial charge in [-0.25, -0.2) is 4.79 Å². The molecule has 0 aliphatic carbocycles. The van der Waals surface area contributed by atoms with Gasteiger partial charge < -0.3 is 4.74 Å². The Hall–Kier alpha value is -1.84. The van der Waals surface area contributed by atoms with Gasteiger partial charge in [-0.2, -0.15) is 0 Å². The SMILES string of the molecule is CC(=O)c1cc(C(C)C)ccc1NC(=O)OC(C)(C)C. The van der Waals surface area contributed by atoms with Gasteiger partial charge in [-0.15, -0.1) is 0 Å². The third-order valence-corrected chi connectivity index (χ3v) is 2.73. The van der Waals surface area contributed by atoms with E-state index in [0.717, 1.165) is 5.56 Å². The van der Waals surface area contributed by atoms with Crippen molar-refractivity contribution in [2.24, 2.45) is 0 Å². The third kappa shape index (κ3) is 4.68. The van der Waals surface area contributed by atoms with Crippen LogP contribution < -0.4 is 5.32 Å². The summed E-state index contributed by atoms with van der Waals surface area (Å²) < 4.78 is 5.19. The number of amides is 1. The average molecular weight is 277 g/mol. The van der Waals surface area contributed by atoms with E-state index in [0.29, 0.717) is 17.2 Å². The zero-order valence-electron chi connectivity index (χ0n) is 13.0. The standard InChI is InChI=1S/C16H23NO3/c1-10(2)12-7-8-14(13(9-12)11(3)18)17-15(19)20-16(4,5)6/h7-10H,1-6H3,(H,17,19). The molecule has 0 heterocycles. The quantitative estimate of drug-likeness (QED) is 0.835. The van der Waals surface area contributed by atoms with Crippen LogP contribution >= 0.6 is 0 Å². The molecule has 0 aliphatic rings. The van der Waals surface area contributed by atoms with Crippen molar-refractivity contribution in [1.82, 2.24) is 0 Å². The fourth-order valence-electron chi connectivity index (χ4n) is 1.73. The predicted octanol–water partition coefficient (Wildman–Crippen LogP) is 4.36. The summed E-state index contributed by atoms with van der Waals surface area (Å²) in [4.78, 5) is 23.5. The Labute approximate surface area is 120 Å². The Morgan fingerprint density at radius 2 is 1.80 bits per heavy atom. The largest absolute Gasteiger partial charge is 0.444 e. The van der Waals surface area contributed by atoms with E-state index in [-0.39, 0.29) is 5.78 Å². The zero-order valence-corrected chi connectivity index (χ0v) is 13.0. The van der Waals surface area contributed by atoms with Crippen molar-refractivity contribution in [3.63, 3.8) is 0 Å². The van der Waals surface area contributed by atoms with Crippen LogP contribution in [0.3, 0.4) is 0 Å². The molecule has 1 aromatic rings. The molecule has 0 radical (unpaired) electrons. The fourth-order valence-corrected chi connectivity index (χ4v) is 1.73. The molecule has 0 saturated heterocycles. The van der Waals surface area contributed by atoms with E-state index in [2.05, 4.69) is 19.2 Å². The summed E-state index contributed by atoms with van der Waals surface area (Å²) in [6, 6.07) is 5.47. The molecule has 1 aromatic carbocycles. The highest BCUT2D eigenvalue weighted by molar-refractivity contribution is 6.02. The van der Waals surface area contributed by atoms with Gasteiger partial charge in [0.1, 0.15) is 5.60 Å². The van der Waals surface area contributed by atoms with Crippen molar-refractivity contribution in [3.8, 4) is 0 Å². The van der Waals surface area contributed by atoms with Crippen LogP contribution in [0.1, 0.15) is 63.4 Å². The highest BCUT2D eigenvalue weighted by Gasteiger charge is 2.18. The maximum Gasteiger partial charge on any atom is 0.412 e. The monoisotopic (exact) mass is 277 g/mol. The van der Waals surface area contributed by atoms with Gasteiger partial charge in [-0.05, 0) is 51.3 Å². The molecule has 4 nitrogen and oxygen atoms in total. The number of nitrogens with one attached hydrogen (secondary N) is 1. The second kappa shape index (κ2) is 6.07. The van der Waals surface area contributed by atoms with Crippen molar-refractivity contribution in [1.29, 1.82) is 0 Å². The average Bonchev–Trinajstić information content (AvgIpc) is 2.25. The number of Topliss-reactive ketones (excluding diaryl/α,β-unsaturated/α-hetero) is 1. The Kier molecular flexibility index (Phi) is 4.93. The molecule has 0 aromatic heterocycles. The minimum Gasteiger partial charge on any atom is -0.444 e. The van der Waals surface area contributed by atoms with Crippen LogP contribution in [0.2, 0.25) is 0 Å². The number of ketones is 1. The van der Waals surface area contributed by atoms with Gasteiger partial charge in [0.25, 0.3) is 0 Å². The van der Waals surface area contributed by atoms with E-state index in [1.807, 2.05) is 12.1 Å². The van der Waals surface area contributed by atoms with Crippen molar-refractivity contribution >= 4 is 17.6 Å². The lowest BCUT2D eigenvalue weighted by Gasteiger charge is -2.20. The number of anilines is 1. The molecule has 0 aliphatic heterocycles. The molecule has 0 unspecified atom stereocenters. The number of hydrogen-bond acceptors (Lipinski definition) is 3. The van der Waals surface area contributed by atoms with Crippen molar-refractivity contribution in [3.05, 3.63) is 29.3 Å². The minimum absolute atomic E-state index is 0.0847. The first-order valence-electron chi connectivity index (χ1n) is 6.75. The Morgan fingerprint density at radius 1 is 1.20 bits per heavy atom. The van der Waals surface area contributed by atoms with E-state index < -0.39 is 11.7 Å². The molecule has 110 valence electrons. The Morgan fingerprint density at radius 3 is 2.25 bits per heavy atom. The van der Waals surface area contributed by atoms with E-state index in [9.17, 15) is 9.59 Å². The van der Waals surface area contributed by atoms with E-state index in [4.69, 9.17) is 4.74 Å². The minimum atomic E-state index is -0.571. The van der Waals surface area contributed by atoms with Gasteiger partial charge >= 0.3 is 6.09 Å². The maximum atomic E-state index is 11.8. The van der Waals surface area contributed by atoms with E-state index >= 15 is 0 Å². The highest BCUT2D eigenvalue weighted by Crippen LogP contribution is 2.23. The summed E-state index contributed by atoms with van der Waals surface area (Å²) in [7, 11) is 0. The molecule has 20 heavy (non-hydrogen) atoms. The van der Waals surface area contributed by atoms with Gasteiger partial charge in [0.15, 0.2) is 5.78 Å². The van der Waals surface area contributed by atoms with Crippen LogP contribution in [0.5, 0.6) is 0 Å². The van der Waals surface area contributed by atoms with Crippen LogP contribution in [-0.4, -0.2) is 17.5 Å². The van der Waals surface area contributed by atoms with Gasteiger partial charge in [0, 0.05) is 5.56 Å². The summed E-state index contributed by atoms with van der Waals surface area (Å²) in [6.45, 7) is 11.0. The number of hydrogen-bond donors (Lipinski definition) is 1. The van der Waals surface area contributed by atoms with Crippen LogP contribution in [0, 0.1) is 0 Å². The zero-order chi connectivity index (χ0) is 15.5. The van der Waals surface area contributed by atoms with Crippen LogP contribution in [0.15, 0.2) is 18.2 Å². The summed E-state index contributed by atoms with van der Waals surface area (Å²) in [5.74, 6) is 0.238. The molecule has 0 spiro atoms. The lowest BCUT2D eigenvalue weighted by Crippen LogP contribution is -2.27. The Bertz CT molecular complexity index is 513. The second-order valence-corrected chi connectivity index (χ2v) is 6.14. The number of ether oxygens (including phenoxy) is 1. The highest BCUT2D eigenvalue weighted by atomic mass is 16.6. The predicted molar refractivity (Wildman–Crippen MR) is 80.4 cm³/mol. The molecule has 1 N–H and O–H groups in total. The van der Waals surface area contributed by atoms with Gasteiger partial charge in [-0.3, -0.25) is 10.1 Å². The first-order valence-corrected chi connectivity index (χ1v) is 6.75. The number of benzene rings is 1. The lowest BCUT2D eigenvalue weighted by atomic mass is 9.98. The lowest BCUT2D eigenvalue weighted by molar-refractivity contribution is 0.0636. The number of rotatable bonds is 3. The summed E-state index contributed by atoms with van der Waals surface area (Å²) in [6.07, 6.45) is -0.558. The normalized spacial score (nSPS) is 11.3. The molecule has 1 amide bonds. The van der Waals surface area contributed by atoms with E-state index in [1.54, 1.807) is 26.8 Å².